The van der Waals surface area contributed by atoms with Gasteiger partial charge in [0, 0.05) is 17.7 Å². The summed E-state index contributed by atoms with van der Waals surface area (Å²) in [5, 5.41) is 23.3. The van der Waals surface area contributed by atoms with E-state index in [0.717, 1.165) is 5.56 Å². The molecule has 0 radical (unpaired) electrons. The standard InChI is InChI=1S/C14H16N2O5/c1-7(17)12(14(20)21)16-13(19)9-2-4-10-8(6-9)3-5-11(18)15-10/h2,4,6-7,12,17H,3,5H2,1H3,(H,15,18)(H,16,19)(H,20,21)/t7-,12+/m1/s1. The first kappa shape index (κ1) is 15.0. The van der Waals surface area contributed by atoms with E-state index in [1.807, 2.05) is 0 Å². The second-order valence-corrected chi connectivity index (χ2v) is 4.95. The number of benzene rings is 1. The largest absolute Gasteiger partial charge is 0.480 e. The molecule has 1 heterocycles. The molecule has 0 bridgehead atoms. The van der Waals surface area contributed by atoms with Crippen molar-refractivity contribution >= 4 is 23.5 Å². The van der Waals surface area contributed by atoms with Crippen molar-refractivity contribution < 1.29 is 24.6 Å². The van der Waals surface area contributed by atoms with Crippen LogP contribution in [0.25, 0.3) is 0 Å². The fraction of sp³-hybridized carbons (Fsp3) is 0.357. The topological polar surface area (TPSA) is 116 Å². The number of carboxylic acid groups (broad SMARTS) is 1. The first-order valence-electron chi connectivity index (χ1n) is 6.53. The molecule has 0 saturated heterocycles. The lowest BCUT2D eigenvalue weighted by atomic mass is 10.00. The van der Waals surface area contributed by atoms with Gasteiger partial charge in [-0.25, -0.2) is 4.79 Å². The maximum absolute atomic E-state index is 12.0. The summed E-state index contributed by atoms with van der Waals surface area (Å²) < 4.78 is 0. The van der Waals surface area contributed by atoms with E-state index >= 15 is 0 Å². The number of carboxylic acids is 1. The van der Waals surface area contributed by atoms with Crippen LogP contribution in [0.3, 0.4) is 0 Å². The average molecular weight is 292 g/mol. The third kappa shape index (κ3) is 3.38. The number of carbonyl (C=O) groups excluding carboxylic acids is 2. The Morgan fingerprint density at radius 2 is 2.05 bits per heavy atom. The lowest BCUT2D eigenvalue weighted by Crippen LogP contribution is -2.47. The number of anilines is 1. The molecule has 0 spiro atoms. The summed E-state index contributed by atoms with van der Waals surface area (Å²) in [6.07, 6.45) is -0.326. The number of hydrogen-bond acceptors (Lipinski definition) is 4. The van der Waals surface area contributed by atoms with Gasteiger partial charge in [-0.05, 0) is 37.1 Å². The number of fused-ring (bicyclic) bond motifs is 1. The Morgan fingerprint density at radius 1 is 1.33 bits per heavy atom. The van der Waals surface area contributed by atoms with E-state index in [1.54, 1.807) is 12.1 Å². The van der Waals surface area contributed by atoms with E-state index in [1.165, 1.54) is 13.0 Å². The number of aliphatic carboxylic acids is 1. The van der Waals surface area contributed by atoms with E-state index in [2.05, 4.69) is 10.6 Å². The highest BCUT2D eigenvalue weighted by Crippen LogP contribution is 2.23. The predicted octanol–water partition coefficient (Wildman–Crippen LogP) is 0.135. The van der Waals surface area contributed by atoms with Crippen LogP contribution in [-0.4, -0.2) is 40.1 Å². The molecule has 1 aliphatic heterocycles. The van der Waals surface area contributed by atoms with Crippen LogP contribution in [0.15, 0.2) is 18.2 Å². The summed E-state index contributed by atoms with van der Waals surface area (Å²) in [6, 6.07) is 3.36. The van der Waals surface area contributed by atoms with E-state index in [-0.39, 0.29) is 11.5 Å². The lowest BCUT2D eigenvalue weighted by Gasteiger charge is -2.19. The van der Waals surface area contributed by atoms with Crippen LogP contribution in [0, 0.1) is 0 Å². The molecular weight excluding hydrogens is 276 g/mol. The van der Waals surface area contributed by atoms with Crippen molar-refractivity contribution in [3.8, 4) is 0 Å². The Kier molecular flexibility index (Phi) is 4.23. The highest BCUT2D eigenvalue weighted by molar-refractivity contribution is 5.99. The molecule has 2 amide bonds. The molecule has 4 N–H and O–H groups in total. The number of rotatable bonds is 4. The van der Waals surface area contributed by atoms with Gasteiger partial charge in [-0.1, -0.05) is 0 Å². The molecular formula is C14H16N2O5. The zero-order valence-electron chi connectivity index (χ0n) is 11.4. The van der Waals surface area contributed by atoms with Gasteiger partial charge in [-0.2, -0.15) is 0 Å². The first-order valence-corrected chi connectivity index (χ1v) is 6.53. The second-order valence-electron chi connectivity index (χ2n) is 4.95. The first-order chi connectivity index (χ1) is 9.88. The van der Waals surface area contributed by atoms with Crippen LogP contribution >= 0.6 is 0 Å². The third-order valence-corrected chi connectivity index (χ3v) is 3.30. The summed E-state index contributed by atoms with van der Waals surface area (Å²) in [5.41, 5.74) is 1.77. The van der Waals surface area contributed by atoms with Gasteiger partial charge in [-0.3, -0.25) is 9.59 Å². The minimum absolute atomic E-state index is 0.0697. The molecule has 1 aliphatic rings. The van der Waals surface area contributed by atoms with E-state index < -0.39 is 24.0 Å². The van der Waals surface area contributed by atoms with Gasteiger partial charge >= 0.3 is 5.97 Å². The molecule has 112 valence electrons. The number of nitrogens with one attached hydrogen (secondary N) is 2. The highest BCUT2D eigenvalue weighted by Gasteiger charge is 2.26. The van der Waals surface area contributed by atoms with Crippen molar-refractivity contribution in [1.82, 2.24) is 5.32 Å². The molecule has 0 unspecified atom stereocenters. The van der Waals surface area contributed by atoms with Crippen LogP contribution in [-0.2, 0) is 16.0 Å². The molecule has 7 heteroatoms. The van der Waals surface area contributed by atoms with Crippen LogP contribution in [0.5, 0.6) is 0 Å². The Balaban J connectivity index is 2.17. The van der Waals surface area contributed by atoms with Gasteiger partial charge in [0.15, 0.2) is 6.04 Å². The molecule has 0 saturated carbocycles. The number of aryl methyl sites for hydroxylation is 1. The predicted molar refractivity (Wildman–Crippen MR) is 74.0 cm³/mol. The van der Waals surface area contributed by atoms with Crippen molar-refractivity contribution in [3.63, 3.8) is 0 Å². The zero-order chi connectivity index (χ0) is 15.6. The summed E-state index contributed by atoms with van der Waals surface area (Å²) in [6.45, 7) is 1.29. The molecule has 21 heavy (non-hydrogen) atoms. The summed E-state index contributed by atoms with van der Waals surface area (Å²) >= 11 is 0. The van der Waals surface area contributed by atoms with Crippen LogP contribution in [0.2, 0.25) is 0 Å². The SMILES string of the molecule is C[C@@H](O)[C@H](NC(=O)c1ccc2c(c1)CCC(=O)N2)C(=O)O. The van der Waals surface area contributed by atoms with Gasteiger partial charge in [0.25, 0.3) is 5.91 Å². The van der Waals surface area contributed by atoms with Crippen molar-refractivity contribution in [1.29, 1.82) is 0 Å². The smallest absolute Gasteiger partial charge is 0.328 e. The van der Waals surface area contributed by atoms with Crippen LogP contribution in [0.1, 0.15) is 29.3 Å². The third-order valence-electron chi connectivity index (χ3n) is 3.30. The fourth-order valence-corrected chi connectivity index (χ4v) is 2.14. The molecule has 0 aliphatic carbocycles. The monoisotopic (exact) mass is 292 g/mol. The Labute approximate surface area is 121 Å². The maximum Gasteiger partial charge on any atom is 0.328 e. The summed E-state index contributed by atoms with van der Waals surface area (Å²) in [7, 11) is 0. The molecule has 0 fully saturated rings. The number of carbonyl (C=O) groups is 3. The average Bonchev–Trinajstić information content (AvgIpc) is 2.43. The molecule has 2 atom stereocenters. The van der Waals surface area contributed by atoms with E-state index in [0.29, 0.717) is 18.5 Å². The van der Waals surface area contributed by atoms with Gasteiger partial charge < -0.3 is 20.8 Å². The Bertz CT molecular complexity index is 597. The molecule has 1 aromatic rings. The van der Waals surface area contributed by atoms with Gasteiger partial charge in [0.2, 0.25) is 5.91 Å². The number of amides is 2. The van der Waals surface area contributed by atoms with Gasteiger partial charge in [0.05, 0.1) is 6.10 Å². The molecule has 2 rings (SSSR count). The second kappa shape index (κ2) is 5.92. The summed E-state index contributed by atoms with van der Waals surface area (Å²) in [4.78, 5) is 34.3. The van der Waals surface area contributed by atoms with Gasteiger partial charge in [0.1, 0.15) is 0 Å². The molecule has 7 nitrogen and oxygen atoms in total. The van der Waals surface area contributed by atoms with Gasteiger partial charge in [-0.15, -0.1) is 0 Å². The van der Waals surface area contributed by atoms with E-state index in [4.69, 9.17) is 5.11 Å². The fourth-order valence-electron chi connectivity index (χ4n) is 2.14. The number of aliphatic hydroxyl groups excluding tert-OH is 1. The van der Waals surface area contributed by atoms with Crippen molar-refractivity contribution in [2.45, 2.75) is 31.9 Å². The minimum Gasteiger partial charge on any atom is -0.480 e. The number of aliphatic hydroxyl groups is 1. The minimum atomic E-state index is -1.37. The van der Waals surface area contributed by atoms with Crippen molar-refractivity contribution in [2.24, 2.45) is 0 Å². The Morgan fingerprint density at radius 3 is 2.67 bits per heavy atom. The summed E-state index contributed by atoms with van der Waals surface area (Å²) in [5.74, 6) is -1.95. The lowest BCUT2D eigenvalue weighted by molar-refractivity contribution is -0.141. The maximum atomic E-state index is 12.0. The molecule has 0 aromatic heterocycles. The van der Waals surface area contributed by atoms with Crippen LogP contribution < -0.4 is 10.6 Å². The number of hydrogen-bond donors (Lipinski definition) is 4. The Hall–Kier alpha value is -2.41. The van der Waals surface area contributed by atoms with Crippen molar-refractivity contribution in [3.05, 3.63) is 29.3 Å². The van der Waals surface area contributed by atoms with Crippen LogP contribution in [0.4, 0.5) is 5.69 Å². The zero-order valence-corrected chi connectivity index (χ0v) is 11.4. The van der Waals surface area contributed by atoms with E-state index in [9.17, 15) is 19.5 Å². The molecule has 1 aromatic carbocycles. The highest BCUT2D eigenvalue weighted by atomic mass is 16.4. The quantitative estimate of drug-likeness (QED) is 0.630. The van der Waals surface area contributed by atoms with Crippen molar-refractivity contribution in [2.75, 3.05) is 5.32 Å². The normalized spacial score (nSPS) is 16.4.